The number of ether oxygens (including phenoxy) is 1. The molecule has 1 aromatic heterocycles. The molecule has 1 aromatic carbocycles. The molecule has 1 N–H and O–H groups in total. The van der Waals surface area contributed by atoms with Crippen molar-refractivity contribution >= 4 is 5.78 Å². The normalized spacial score (nSPS) is 12.7. The highest BCUT2D eigenvalue weighted by Gasteiger charge is 2.36. The second-order valence-corrected chi connectivity index (χ2v) is 4.90. The van der Waals surface area contributed by atoms with Crippen LogP contribution in [0.3, 0.4) is 0 Å². The van der Waals surface area contributed by atoms with E-state index in [-0.39, 0.29) is 17.0 Å². The molecular formula is C16H14F3NO3. The minimum absolute atomic E-state index is 0.140. The third kappa shape index (κ3) is 4.29. The van der Waals surface area contributed by atoms with Crippen LogP contribution >= 0.6 is 0 Å². The Morgan fingerprint density at radius 3 is 2.35 bits per heavy atom. The molecule has 0 aliphatic carbocycles. The summed E-state index contributed by atoms with van der Waals surface area (Å²) in [5.41, 5.74) is 0.385. The van der Waals surface area contributed by atoms with Gasteiger partial charge < -0.3 is 9.84 Å². The number of rotatable bonds is 5. The molecule has 23 heavy (non-hydrogen) atoms. The van der Waals surface area contributed by atoms with Crippen molar-refractivity contribution in [3.05, 3.63) is 53.7 Å². The predicted molar refractivity (Wildman–Crippen MR) is 76.6 cm³/mol. The van der Waals surface area contributed by atoms with Crippen LogP contribution in [0.15, 0.2) is 42.6 Å². The van der Waals surface area contributed by atoms with Gasteiger partial charge in [-0.3, -0.25) is 4.79 Å². The summed E-state index contributed by atoms with van der Waals surface area (Å²) in [5, 5.41) is 8.73. The van der Waals surface area contributed by atoms with Crippen LogP contribution in [0.5, 0.6) is 11.6 Å². The monoisotopic (exact) mass is 325 g/mol. The molecule has 2 aromatic rings. The van der Waals surface area contributed by atoms with E-state index >= 15 is 0 Å². The smallest absolute Gasteiger partial charge is 0.395 e. The van der Waals surface area contributed by atoms with Gasteiger partial charge >= 0.3 is 6.18 Å². The minimum Gasteiger partial charge on any atom is -0.439 e. The Hall–Kier alpha value is -2.41. The highest BCUT2D eigenvalue weighted by atomic mass is 19.4. The van der Waals surface area contributed by atoms with E-state index in [0.717, 1.165) is 6.92 Å². The molecule has 122 valence electrons. The number of carbonyl (C=O) groups excluding carboxylic acids is 1. The van der Waals surface area contributed by atoms with Crippen molar-refractivity contribution in [1.29, 1.82) is 0 Å². The number of hydrogen-bond donors (Lipinski definition) is 1. The maximum Gasteiger partial charge on any atom is 0.395 e. The van der Waals surface area contributed by atoms with Crippen LogP contribution in [-0.4, -0.2) is 28.7 Å². The van der Waals surface area contributed by atoms with E-state index in [4.69, 9.17) is 9.84 Å². The SMILES string of the molecule is CC(c1ccc(Oc2ccc(C(=O)CO)cn2)cc1)C(F)(F)F. The van der Waals surface area contributed by atoms with E-state index < -0.39 is 24.5 Å². The zero-order valence-electron chi connectivity index (χ0n) is 12.2. The van der Waals surface area contributed by atoms with Crippen LogP contribution in [0.4, 0.5) is 13.2 Å². The molecule has 0 bridgehead atoms. The van der Waals surface area contributed by atoms with Gasteiger partial charge in [-0.05, 0) is 30.7 Å². The Kier molecular flexibility index (Phi) is 5.00. The highest BCUT2D eigenvalue weighted by Crippen LogP contribution is 2.35. The van der Waals surface area contributed by atoms with Crippen LogP contribution in [0.2, 0.25) is 0 Å². The van der Waals surface area contributed by atoms with Crippen molar-refractivity contribution in [2.24, 2.45) is 0 Å². The average Bonchev–Trinajstić information content (AvgIpc) is 2.54. The zero-order valence-corrected chi connectivity index (χ0v) is 12.2. The number of hydrogen-bond acceptors (Lipinski definition) is 4. The maximum atomic E-state index is 12.6. The average molecular weight is 325 g/mol. The van der Waals surface area contributed by atoms with Gasteiger partial charge in [0.05, 0.1) is 5.92 Å². The van der Waals surface area contributed by atoms with Crippen molar-refractivity contribution in [1.82, 2.24) is 4.98 Å². The quantitative estimate of drug-likeness (QED) is 0.851. The minimum atomic E-state index is -4.29. The number of aliphatic hydroxyl groups excluding tert-OH is 1. The number of alkyl halides is 3. The first kappa shape index (κ1) is 17.0. The summed E-state index contributed by atoms with van der Waals surface area (Å²) < 4.78 is 43.3. The van der Waals surface area contributed by atoms with Crippen molar-refractivity contribution in [2.75, 3.05) is 6.61 Å². The van der Waals surface area contributed by atoms with Crippen LogP contribution in [-0.2, 0) is 0 Å². The summed E-state index contributed by atoms with van der Waals surface area (Å²) in [6.45, 7) is 0.481. The number of aromatic nitrogens is 1. The number of benzene rings is 1. The van der Waals surface area contributed by atoms with Gasteiger partial charge in [-0.15, -0.1) is 0 Å². The van der Waals surface area contributed by atoms with Gasteiger partial charge in [0, 0.05) is 17.8 Å². The van der Waals surface area contributed by atoms with Crippen molar-refractivity contribution < 1.29 is 27.8 Å². The molecule has 7 heteroatoms. The van der Waals surface area contributed by atoms with Crippen molar-refractivity contribution in [2.45, 2.75) is 19.0 Å². The molecule has 1 heterocycles. The van der Waals surface area contributed by atoms with E-state index in [9.17, 15) is 18.0 Å². The Morgan fingerprint density at radius 2 is 1.87 bits per heavy atom. The molecule has 0 fully saturated rings. The van der Waals surface area contributed by atoms with Gasteiger partial charge in [0.15, 0.2) is 5.78 Å². The van der Waals surface area contributed by atoms with Gasteiger partial charge in [-0.2, -0.15) is 13.2 Å². The summed E-state index contributed by atoms with van der Waals surface area (Å²) in [6.07, 6.45) is -3.03. The van der Waals surface area contributed by atoms with Crippen LogP contribution in [0.1, 0.15) is 28.8 Å². The second kappa shape index (κ2) is 6.78. The van der Waals surface area contributed by atoms with Crippen molar-refractivity contribution in [3.8, 4) is 11.6 Å². The van der Waals surface area contributed by atoms with E-state index in [1.807, 2.05) is 0 Å². The highest BCUT2D eigenvalue weighted by molar-refractivity contribution is 5.96. The molecule has 1 atom stereocenters. The lowest BCUT2D eigenvalue weighted by Gasteiger charge is -2.16. The van der Waals surface area contributed by atoms with Gasteiger partial charge in [0.25, 0.3) is 0 Å². The summed E-state index contributed by atoms with van der Waals surface area (Å²) in [6, 6.07) is 8.42. The van der Waals surface area contributed by atoms with Gasteiger partial charge in [-0.1, -0.05) is 12.1 Å². The molecule has 1 unspecified atom stereocenters. The van der Waals surface area contributed by atoms with Crippen LogP contribution < -0.4 is 4.74 Å². The largest absolute Gasteiger partial charge is 0.439 e. The first-order valence-corrected chi connectivity index (χ1v) is 6.76. The molecule has 0 spiro atoms. The van der Waals surface area contributed by atoms with Crippen LogP contribution in [0, 0.1) is 0 Å². The molecule has 2 rings (SSSR count). The van der Waals surface area contributed by atoms with Gasteiger partial charge in [0.2, 0.25) is 5.88 Å². The summed E-state index contributed by atoms with van der Waals surface area (Å²) in [4.78, 5) is 15.1. The second-order valence-electron chi connectivity index (χ2n) is 4.90. The Balaban J connectivity index is 2.08. The summed E-state index contributed by atoms with van der Waals surface area (Å²) in [7, 11) is 0. The lowest BCUT2D eigenvalue weighted by Crippen LogP contribution is -2.17. The number of nitrogens with zero attached hydrogens (tertiary/aromatic N) is 1. The van der Waals surface area contributed by atoms with Gasteiger partial charge in [-0.25, -0.2) is 4.98 Å². The van der Waals surface area contributed by atoms with E-state index in [1.165, 1.54) is 42.6 Å². The van der Waals surface area contributed by atoms with E-state index in [0.29, 0.717) is 5.75 Å². The first-order valence-electron chi connectivity index (χ1n) is 6.76. The standard InChI is InChI=1S/C16H14F3NO3/c1-10(16(17,18)19)11-2-5-13(6-3-11)23-15-7-4-12(8-20-15)14(22)9-21/h2-8,10,21H,9H2,1H3. The number of carbonyl (C=O) groups is 1. The maximum absolute atomic E-state index is 12.6. The molecule has 0 aliphatic rings. The lowest BCUT2D eigenvalue weighted by atomic mass is 10.0. The first-order chi connectivity index (χ1) is 10.8. The van der Waals surface area contributed by atoms with Crippen molar-refractivity contribution in [3.63, 3.8) is 0 Å². The van der Waals surface area contributed by atoms with E-state index in [1.54, 1.807) is 0 Å². The lowest BCUT2D eigenvalue weighted by molar-refractivity contribution is -0.146. The zero-order chi connectivity index (χ0) is 17.0. The molecular weight excluding hydrogens is 311 g/mol. The fourth-order valence-electron chi connectivity index (χ4n) is 1.83. The van der Waals surface area contributed by atoms with Gasteiger partial charge in [0.1, 0.15) is 12.4 Å². The fourth-order valence-corrected chi connectivity index (χ4v) is 1.83. The molecule has 0 saturated carbocycles. The summed E-state index contributed by atoms with van der Waals surface area (Å²) >= 11 is 0. The predicted octanol–water partition coefficient (Wildman–Crippen LogP) is 3.71. The molecule has 4 nitrogen and oxygen atoms in total. The van der Waals surface area contributed by atoms with E-state index in [2.05, 4.69) is 4.98 Å². The fraction of sp³-hybridized carbons (Fsp3) is 0.250. The summed E-state index contributed by atoms with van der Waals surface area (Å²) in [5.74, 6) is -1.50. The number of pyridine rings is 1. The third-order valence-electron chi connectivity index (χ3n) is 3.30. The number of Topliss-reactive ketones (excluding diaryl/α,β-unsaturated/α-hetero) is 1. The Bertz CT molecular complexity index is 666. The number of halogens is 3. The number of ketones is 1. The molecule has 0 saturated heterocycles. The Morgan fingerprint density at radius 1 is 1.22 bits per heavy atom. The Labute approximate surface area is 130 Å². The molecule has 0 amide bonds. The topological polar surface area (TPSA) is 59.4 Å². The number of aliphatic hydroxyl groups is 1. The van der Waals surface area contributed by atoms with Crippen LogP contribution in [0.25, 0.3) is 0 Å². The molecule has 0 radical (unpaired) electrons. The molecule has 0 aliphatic heterocycles. The third-order valence-corrected chi connectivity index (χ3v) is 3.30.